The molecule has 0 spiro atoms. The van der Waals surface area contributed by atoms with E-state index < -0.39 is 17.2 Å². The smallest absolute Gasteiger partial charge is 0.354 e. The molecule has 0 saturated carbocycles. The number of halogens is 2. The third-order valence-electron chi connectivity index (χ3n) is 4.97. The molecule has 0 fully saturated rings. The van der Waals surface area contributed by atoms with Crippen LogP contribution < -0.4 is 21.4 Å². The summed E-state index contributed by atoms with van der Waals surface area (Å²) < 4.78 is 22.7. The van der Waals surface area contributed by atoms with Crippen LogP contribution in [0.5, 0.6) is 11.6 Å². The molecule has 0 bridgehead atoms. The number of nitriles is 1. The number of benzene rings is 2. The molecule has 35 heavy (non-hydrogen) atoms. The van der Waals surface area contributed by atoms with E-state index in [4.69, 9.17) is 21.6 Å². The van der Waals surface area contributed by atoms with Gasteiger partial charge in [-0.15, -0.1) is 0 Å². The third-order valence-corrected chi connectivity index (χ3v) is 5.22. The first kappa shape index (κ1) is 23.7. The van der Waals surface area contributed by atoms with E-state index >= 15 is 0 Å². The maximum absolute atomic E-state index is 14.9. The minimum absolute atomic E-state index is 0.0264. The second-order valence-corrected chi connectivity index (χ2v) is 7.74. The molecule has 0 saturated heterocycles. The van der Waals surface area contributed by atoms with Crippen LogP contribution in [-0.2, 0) is 13.1 Å². The van der Waals surface area contributed by atoms with Crippen molar-refractivity contribution in [3.05, 3.63) is 104 Å². The van der Waals surface area contributed by atoms with Crippen LogP contribution in [0.4, 0.5) is 16.0 Å². The standard InChI is InChI=1S/C24H18ClFN6O3/c1-2-31-23(33)30-22(32(24(31)34)14-15-6-8-16(25)9-7-15)29-20-11-10-18(12-19(20)26)35-21-5-3-4-17(13-27)28-21/h3-12H,2,14H2,1H3,(H,29,30,33). The highest BCUT2D eigenvalue weighted by molar-refractivity contribution is 6.30. The van der Waals surface area contributed by atoms with Gasteiger partial charge >= 0.3 is 11.4 Å². The largest absolute Gasteiger partial charge is 0.439 e. The summed E-state index contributed by atoms with van der Waals surface area (Å²) in [4.78, 5) is 33.3. The predicted octanol–water partition coefficient (Wildman–Crippen LogP) is 4.07. The van der Waals surface area contributed by atoms with Gasteiger partial charge in [0, 0.05) is 23.7 Å². The second kappa shape index (κ2) is 10.2. The van der Waals surface area contributed by atoms with E-state index in [0.29, 0.717) is 5.02 Å². The molecule has 2 heterocycles. The zero-order valence-corrected chi connectivity index (χ0v) is 19.2. The lowest BCUT2D eigenvalue weighted by molar-refractivity contribution is 0.458. The number of hydrogen-bond acceptors (Lipinski definition) is 7. The Morgan fingerprint density at radius 2 is 1.86 bits per heavy atom. The number of aromatic nitrogens is 4. The first-order chi connectivity index (χ1) is 16.9. The van der Waals surface area contributed by atoms with Crippen molar-refractivity contribution in [1.29, 1.82) is 5.26 Å². The fourth-order valence-electron chi connectivity index (χ4n) is 3.25. The Balaban J connectivity index is 1.66. The van der Waals surface area contributed by atoms with Crippen LogP contribution in [0.25, 0.3) is 0 Å². The van der Waals surface area contributed by atoms with Crippen LogP contribution >= 0.6 is 11.6 Å². The molecule has 0 unspecified atom stereocenters. The fraction of sp³-hybridized carbons (Fsp3) is 0.125. The van der Waals surface area contributed by atoms with Crippen LogP contribution in [0.3, 0.4) is 0 Å². The fourth-order valence-corrected chi connectivity index (χ4v) is 3.37. The molecular weight excluding hydrogens is 475 g/mol. The van der Waals surface area contributed by atoms with Crippen LogP contribution in [-0.4, -0.2) is 19.1 Å². The van der Waals surface area contributed by atoms with Crippen LogP contribution in [0.2, 0.25) is 5.02 Å². The van der Waals surface area contributed by atoms with Crippen LogP contribution in [0, 0.1) is 17.1 Å². The number of pyridine rings is 1. The zero-order valence-electron chi connectivity index (χ0n) is 18.4. The lowest BCUT2D eigenvalue weighted by Crippen LogP contribution is -2.42. The normalized spacial score (nSPS) is 10.6. The average Bonchev–Trinajstić information content (AvgIpc) is 2.84. The molecule has 0 radical (unpaired) electrons. The molecular formula is C24H18ClFN6O3. The van der Waals surface area contributed by atoms with E-state index in [1.165, 1.54) is 28.8 Å². The van der Waals surface area contributed by atoms with Gasteiger partial charge in [-0.25, -0.2) is 23.5 Å². The second-order valence-electron chi connectivity index (χ2n) is 7.30. The molecule has 4 rings (SSSR count). The van der Waals surface area contributed by atoms with Crippen LogP contribution in [0.1, 0.15) is 18.2 Å². The molecule has 2 aromatic heterocycles. The SMILES string of the molecule is CCn1c(=O)nc(Nc2ccc(Oc3cccc(C#N)n3)cc2F)n(Cc2ccc(Cl)cc2)c1=O. The van der Waals surface area contributed by atoms with Gasteiger partial charge in [-0.3, -0.25) is 4.57 Å². The van der Waals surface area contributed by atoms with E-state index in [1.807, 2.05) is 6.07 Å². The molecule has 0 aliphatic rings. The highest BCUT2D eigenvalue weighted by Crippen LogP contribution is 2.26. The number of nitrogens with one attached hydrogen (secondary N) is 1. The van der Waals surface area contributed by atoms with Crippen molar-refractivity contribution in [2.75, 3.05) is 5.32 Å². The Bertz CT molecular complexity index is 1540. The van der Waals surface area contributed by atoms with E-state index in [9.17, 15) is 14.0 Å². The quantitative estimate of drug-likeness (QED) is 0.413. The molecule has 4 aromatic rings. The van der Waals surface area contributed by atoms with Gasteiger partial charge in [0.2, 0.25) is 11.8 Å². The summed E-state index contributed by atoms with van der Waals surface area (Å²) in [5.74, 6) is -0.559. The minimum Gasteiger partial charge on any atom is -0.439 e. The highest BCUT2D eigenvalue weighted by atomic mass is 35.5. The van der Waals surface area contributed by atoms with E-state index in [2.05, 4.69) is 15.3 Å². The molecule has 11 heteroatoms. The van der Waals surface area contributed by atoms with Gasteiger partial charge in [0.15, 0.2) is 0 Å². The maximum Gasteiger partial charge on any atom is 0.354 e. The van der Waals surface area contributed by atoms with Gasteiger partial charge in [-0.2, -0.15) is 10.2 Å². The minimum atomic E-state index is -0.754. The monoisotopic (exact) mass is 492 g/mol. The Labute approximate surface area is 203 Å². The molecule has 0 atom stereocenters. The number of rotatable bonds is 7. The van der Waals surface area contributed by atoms with Crippen molar-refractivity contribution < 1.29 is 9.13 Å². The molecule has 2 aromatic carbocycles. The van der Waals surface area contributed by atoms with Gasteiger partial charge < -0.3 is 10.1 Å². The summed E-state index contributed by atoms with van der Waals surface area (Å²) in [7, 11) is 0. The summed E-state index contributed by atoms with van der Waals surface area (Å²) >= 11 is 5.94. The molecule has 0 aliphatic carbocycles. The van der Waals surface area contributed by atoms with E-state index in [0.717, 1.165) is 16.2 Å². The van der Waals surface area contributed by atoms with Gasteiger partial charge in [0.1, 0.15) is 23.3 Å². The van der Waals surface area contributed by atoms with Crippen molar-refractivity contribution in [2.24, 2.45) is 0 Å². The Morgan fingerprint density at radius 1 is 1.09 bits per heavy atom. The topological polar surface area (TPSA) is 115 Å². The molecule has 1 N–H and O–H groups in total. The Morgan fingerprint density at radius 3 is 2.54 bits per heavy atom. The predicted molar refractivity (Wildman–Crippen MR) is 128 cm³/mol. The summed E-state index contributed by atoms with van der Waals surface area (Å²) in [5.41, 5.74) is -0.474. The summed E-state index contributed by atoms with van der Waals surface area (Å²) in [6.45, 7) is 1.87. The summed E-state index contributed by atoms with van der Waals surface area (Å²) in [6, 6.07) is 17.3. The number of nitrogens with zero attached hydrogens (tertiary/aromatic N) is 5. The molecule has 176 valence electrons. The lowest BCUT2D eigenvalue weighted by Gasteiger charge is -2.16. The molecule has 9 nitrogen and oxygen atoms in total. The van der Waals surface area contributed by atoms with Gasteiger partial charge in [-0.05, 0) is 42.8 Å². The van der Waals surface area contributed by atoms with Crippen LogP contribution in [0.15, 0.2) is 70.3 Å². The number of ether oxygens (including phenoxy) is 1. The lowest BCUT2D eigenvalue weighted by atomic mass is 10.2. The van der Waals surface area contributed by atoms with Crippen molar-refractivity contribution in [3.8, 4) is 17.7 Å². The zero-order chi connectivity index (χ0) is 24.9. The van der Waals surface area contributed by atoms with Gasteiger partial charge in [-0.1, -0.05) is 29.8 Å². The summed E-state index contributed by atoms with van der Waals surface area (Å²) in [6.07, 6.45) is 0. The van der Waals surface area contributed by atoms with Crippen molar-refractivity contribution in [3.63, 3.8) is 0 Å². The first-order valence-corrected chi connectivity index (χ1v) is 10.8. The summed E-state index contributed by atoms with van der Waals surface area (Å²) in [5, 5.41) is 12.2. The van der Waals surface area contributed by atoms with Crippen molar-refractivity contribution >= 4 is 23.2 Å². The van der Waals surface area contributed by atoms with Gasteiger partial charge in [0.25, 0.3) is 0 Å². The van der Waals surface area contributed by atoms with E-state index in [-0.39, 0.29) is 42.0 Å². The highest BCUT2D eigenvalue weighted by Gasteiger charge is 2.15. The Kier molecular flexibility index (Phi) is 6.89. The Hall–Kier alpha value is -4.49. The first-order valence-electron chi connectivity index (χ1n) is 10.5. The molecule has 0 amide bonds. The molecule has 0 aliphatic heterocycles. The number of hydrogen-bond donors (Lipinski definition) is 1. The number of anilines is 2. The average molecular weight is 493 g/mol. The van der Waals surface area contributed by atoms with Gasteiger partial charge in [0.05, 0.1) is 12.2 Å². The van der Waals surface area contributed by atoms with E-state index in [1.54, 1.807) is 37.3 Å². The maximum atomic E-state index is 14.9. The van der Waals surface area contributed by atoms with Crippen molar-refractivity contribution in [2.45, 2.75) is 20.0 Å². The third kappa shape index (κ3) is 5.37. The van der Waals surface area contributed by atoms with Crippen molar-refractivity contribution in [1.82, 2.24) is 19.1 Å².